The molecule has 0 saturated carbocycles. The topological polar surface area (TPSA) is 12.0 Å². The van der Waals surface area contributed by atoms with Gasteiger partial charge < -0.3 is 5.32 Å². The van der Waals surface area contributed by atoms with Gasteiger partial charge in [0.2, 0.25) is 0 Å². The molecule has 0 spiro atoms. The van der Waals surface area contributed by atoms with Gasteiger partial charge in [0.05, 0.1) is 0 Å². The highest BCUT2D eigenvalue weighted by Gasteiger charge is 2.06. The van der Waals surface area contributed by atoms with Crippen molar-refractivity contribution in [3.05, 3.63) is 0 Å². The predicted molar refractivity (Wildman–Crippen MR) is 73.8 cm³/mol. The highest BCUT2D eigenvalue weighted by molar-refractivity contribution is 7.99. The van der Waals surface area contributed by atoms with Gasteiger partial charge in [-0.25, -0.2) is 0 Å². The maximum atomic E-state index is 3.60. The zero-order chi connectivity index (χ0) is 11.4. The molecule has 0 bridgehead atoms. The fourth-order valence-electron chi connectivity index (χ4n) is 1.72. The Morgan fingerprint density at radius 2 is 1.80 bits per heavy atom. The first kappa shape index (κ1) is 15.3. The Bertz CT molecular complexity index is 117. The molecule has 0 radical (unpaired) electrons. The van der Waals surface area contributed by atoms with Crippen LogP contribution in [0.4, 0.5) is 0 Å². The van der Waals surface area contributed by atoms with Gasteiger partial charge in [0.15, 0.2) is 0 Å². The van der Waals surface area contributed by atoms with E-state index in [9.17, 15) is 0 Å². The largest absolute Gasteiger partial charge is 0.313 e. The molecule has 0 heterocycles. The summed E-state index contributed by atoms with van der Waals surface area (Å²) < 4.78 is 0. The standard InChI is InChI=1S/C13H29NS/c1-4-7-8-9-10-13(14-6-3)12-15-11-5-2/h13-14H,4-12H2,1-3H3. The van der Waals surface area contributed by atoms with Crippen LogP contribution in [0.3, 0.4) is 0 Å². The quantitative estimate of drug-likeness (QED) is 0.538. The SMILES string of the molecule is CCCCCCC(CSCCC)NCC. The molecule has 0 aliphatic rings. The molecule has 0 rings (SSSR count). The van der Waals surface area contributed by atoms with Crippen LogP contribution in [-0.4, -0.2) is 24.1 Å². The van der Waals surface area contributed by atoms with Gasteiger partial charge in [-0.1, -0.05) is 46.5 Å². The molecule has 0 aliphatic heterocycles. The number of nitrogens with one attached hydrogen (secondary N) is 1. The van der Waals surface area contributed by atoms with E-state index in [2.05, 4.69) is 37.8 Å². The molecular weight excluding hydrogens is 202 g/mol. The smallest absolute Gasteiger partial charge is 0.0158 e. The summed E-state index contributed by atoms with van der Waals surface area (Å²) in [6, 6.07) is 0.753. The van der Waals surface area contributed by atoms with Crippen LogP contribution in [0, 0.1) is 0 Å². The van der Waals surface area contributed by atoms with Gasteiger partial charge in [-0.3, -0.25) is 0 Å². The first-order valence-electron chi connectivity index (χ1n) is 6.66. The number of hydrogen-bond donors (Lipinski definition) is 1. The van der Waals surface area contributed by atoms with E-state index < -0.39 is 0 Å². The Balaban J connectivity index is 3.44. The minimum absolute atomic E-state index is 0.753. The predicted octanol–water partition coefficient (Wildman–Crippen LogP) is 4.08. The van der Waals surface area contributed by atoms with Crippen molar-refractivity contribution in [2.75, 3.05) is 18.1 Å². The average Bonchev–Trinajstić information content (AvgIpc) is 2.24. The van der Waals surface area contributed by atoms with E-state index in [1.807, 2.05) is 0 Å². The first-order chi connectivity index (χ1) is 7.35. The lowest BCUT2D eigenvalue weighted by molar-refractivity contribution is 0.500. The Hall–Kier alpha value is 0.310. The zero-order valence-electron chi connectivity index (χ0n) is 10.8. The minimum Gasteiger partial charge on any atom is -0.313 e. The highest BCUT2D eigenvalue weighted by atomic mass is 32.2. The van der Waals surface area contributed by atoms with Crippen molar-refractivity contribution < 1.29 is 0 Å². The zero-order valence-corrected chi connectivity index (χ0v) is 11.7. The summed E-state index contributed by atoms with van der Waals surface area (Å²) >= 11 is 2.10. The second-order valence-electron chi connectivity index (χ2n) is 4.18. The molecule has 0 amide bonds. The van der Waals surface area contributed by atoms with Gasteiger partial charge >= 0.3 is 0 Å². The van der Waals surface area contributed by atoms with Crippen LogP contribution < -0.4 is 5.32 Å². The molecule has 0 aromatic heterocycles. The van der Waals surface area contributed by atoms with Crippen molar-refractivity contribution in [2.45, 2.75) is 65.3 Å². The molecule has 0 aromatic carbocycles. The summed E-state index contributed by atoms with van der Waals surface area (Å²) in [6.07, 6.45) is 8.23. The van der Waals surface area contributed by atoms with Crippen LogP contribution in [0.1, 0.15) is 59.3 Å². The van der Waals surface area contributed by atoms with E-state index in [1.165, 1.54) is 50.0 Å². The van der Waals surface area contributed by atoms with Crippen LogP contribution in [0.25, 0.3) is 0 Å². The molecule has 2 heteroatoms. The van der Waals surface area contributed by atoms with Crippen molar-refractivity contribution in [1.29, 1.82) is 0 Å². The van der Waals surface area contributed by atoms with Gasteiger partial charge in [0, 0.05) is 11.8 Å². The molecule has 1 atom stereocenters. The Morgan fingerprint density at radius 3 is 2.40 bits per heavy atom. The van der Waals surface area contributed by atoms with Crippen LogP contribution >= 0.6 is 11.8 Å². The highest BCUT2D eigenvalue weighted by Crippen LogP contribution is 2.11. The van der Waals surface area contributed by atoms with Gasteiger partial charge in [0.25, 0.3) is 0 Å². The summed E-state index contributed by atoms with van der Waals surface area (Å²) in [4.78, 5) is 0. The van der Waals surface area contributed by atoms with Crippen molar-refractivity contribution >= 4 is 11.8 Å². The van der Waals surface area contributed by atoms with Gasteiger partial charge in [-0.05, 0) is 25.1 Å². The van der Waals surface area contributed by atoms with E-state index in [0.29, 0.717) is 0 Å². The van der Waals surface area contributed by atoms with E-state index >= 15 is 0 Å². The van der Waals surface area contributed by atoms with Gasteiger partial charge in [0.1, 0.15) is 0 Å². The molecule has 0 saturated heterocycles. The van der Waals surface area contributed by atoms with Crippen LogP contribution in [0.5, 0.6) is 0 Å². The van der Waals surface area contributed by atoms with Crippen molar-refractivity contribution in [3.8, 4) is 0 Å². The van der Waals surface area contributed by atoms with Gasteiger partial charge in [-0.2, -0.15) is 11.8 Å². The first-order valence-corrected chi connectivity index (χ1v) is 7.81. The average molecular weight is 231 g/mol. The summed E-state index contributed by atoms with van der Waals surface area (Å²) in [7, 11) is 0. The second kappa shape index (κ2) is 12.4. The van der Waals surface area contributed by atoms with Crippen LogP contribution in [0.2, 0.25) is 0 Å². The Kier molecular flexibility index (Phi) is 12.6. The van der Waals surface area contributed by atoms with E-state index in [4.69, 9.17) is 0 Å². The summed E-state index contributed by atoms with van der Waals surface area (Å²) in [6.45, 7) is 7.87. The molecule has 15 heavy (non-hydrogen) atoms. The lowest BCUT2D eigenvalue weighted by atomic mass is 10.1. The van der Waals surface area contributed by atoms with Crippen molar-refractivity contribution in [2.24, 2.45) is 0 Å². The van der Waals surface area contributed by atoms with E-state index in [0.717, 1.165) is 12.6 Å². The molecule has 1 unspecified atom stereocenters. The summed E-state index contributed by atoms with van der Waals surface area (Å²) in [5.74, 6) is 2.62. The molecule has 1 N–H and O–H groups in total. The molecule has 92 valence electrons. The Morgan fingerprint density at radius 1 is 1.00 bits per heavy atom. The Labute approximate surface area is 101 Å². The molecular formula is C13H29NS. The second-order valence-corrected chi connectivity index (χ2v) is 5.33. The van der Waals surface area contributed by atoms with Crippen LogP contribution in [0.15, 0.2) is 0 Å². The summed E-state index contributed by atoms with van der Waals surface area (Å²) in [5.41, 5.74) is 0. The molecule has 1 nitrogen and oxygen atoms in total. The van der Waals surface area contributed by atoms with Crippen LogP contribution in [-0.2, 0) is 0 Å². The number of rotatable bonds is 11. The lowest BCUT2D eigenvalue weighted by Crippen LogP contribution is -2.31. The third-order valence-corrected chi connectivity index (χ3v) is 3.90. The molecule has 0 aliphatic carbocycles. The lowest BCUT2D eigenvalue weighted by Gasteiger charge is -2.17. The minimum atomic E-state index is 0.753. The van der Waals surface area contributed by atoms with Crippen molar-refractivity contribution in [3.63, 3.8) is 0 Å². The fourth-order valence-corrected chi connectivity index (χ4v) is 2.74. The molecule has 0 aromatic rings. The monoisotopic (exact) mass is 231 g/mol. The molecule has 0 fully saturated rings. The van der Waals surface area contributed by atoms with Gasteiger partial charge in [-0.15, -0.1) is 0 Å². The summed E-state index contributed by atoms with van der Waals surface area (Å²) in [5, 5.41) is 3.60. The number of unbranched alkanes of at least 4 members (excludes halogenated alkanes) is 3. The maximum Gasteiger partial charge on any atom is 0.0158 e. The fraction of sp³-hybridized carbons (Fsp3) is 1.00. The van der Waals surface area contributed by atoms with Crippen molar-refractivity contribution in [1.82, 2.24) is 5.32 Å². The third-order valence-electron chi connectivity index (χ3n) is 2.57. The third kappa shape index (κ3) is 10.6. The van der Waals surface area contributed by atoms with E-state index in [1.54, 1.807) is 0 Å². The number of thioether (sulfide) groups is 1. The number of hydrogen-bond acceptors (Lipinski definition) is 2. The normalized spacial score (nSPS) is 13.0. The maximum absolute atomic E-state index is 3.60. The van der Waals surface area contributed by atoms with E-state index in [-0.39, 0.29) is 0 Å².